The summed E-state index contributed by atoms with van der Waals surface area (Å²) in [6.45, 7) is 0.689. The first-order valence-electron chi connectivity index (χ1n) is 5.83. The van der Waals surface area contributed by atoms with Crippen molar-refractivity contribution in [2.75, 3.05) is 13.7 Å². The first kappa shape index (κ1) is 16.9. The molecule has 1 aromatic rings. The highest BCUT2D eigenvalue weighted by Gasteiger charge is 2.10. The van der Waals surface area contributed by atoms with Crippen molar-refractivity contribution in [1.29, 1.82) is 0 Å². The molecule has 0 bridgehead atoms. The number of halogens is 1. The van der Waals surface area contributed by atoms with Gasteiger partial charge in [-0.2, -0.15) is 0 Å². The third-order valence-corrected chi connectivity index (χ3v) is 2.71. The molecule has 5 heteroatoms. The van der Waals surface area contributed by atoms with Gasteiger partial charge < -0.3 is 16.2 Å². The van der Waals surface area contributed by atoms with Gasteiger partial charge in [0.25, 0.3) is 0 Å². The molecule has 0 radical (unpaired) electrons. The molecule has 0 aliphatic carbocycles. The lowest BCUT2D eigenvalue weighted by Gasteiger charge is -2.12. The Morgan fingerprint density at radius 3 is 2.72 bits per heavy atom. The number of nitrogens with two attached hydrogens (primary N) is 2. The van der Waals surface area contributed by atoms with Crippen LogP contribution in [0.15, 0.2) is 24.3 Å². The zero-order valence-electron chi connectivity index (χ0n) is 10.6. The Morgan fingerprint density at radius 1 is 1.39 bits per heavy atom. The maximum atomic E-state index is 11.4. The van der Waals surface area contributed by atoms with Gasteiger partial charge in [0, 0.05) is 6.04 Å². The van der Waals surface area contributed by atoms with E-state index in [1.165, 1.54) is 7.11 Å². The largest absolute Gasteiger partial charge is 0.465 e. The Bertz CT molecular complexity index is 372. The molecule has 0 aromatic heterocycles. The molecular weight excluding hydrogens is 252 g/mol. The second kappa shape index (κ2) is 8.91. The maximum Gasteiger partial charge on any atom is 0.337 e. The fourth-order valence-corrected chi connectivity index (χ4v) is 1.69. The van der Waals surface area contributed by atoms with E-state index in [1.807, 2.05) is 12.1 Å². The SMILES string of the molecule is COC(=O)c1cccc([C@H](N)CCCCN)c1.Cl. The molecule has 4 N–H and O–H groups in total. The van der Waals surface area contributed by atoms with Crippen LogP contribution in [0.2, 0.25) is 0 Å². The van der Waals surface area contributed by atoms with Crippen LogP contribution < -0.4 is 11.5 Å². The molecule has 0 spiro atoms. The topological polar surface area (TPSA) is 78.3 Å². The molecule has 1 atom stereocenters. The van der Waals surface area contributed by atoms with Crippen LogP contribution in [-0.4, -0.2) is 19.6 Å². The van der Waals surface area contributed by atoms with Crippen LogP contribution in [-0.2, 0) is 4.74 Å². The van der Waals surface area contributed by atoms with Gasteiger partial charge in [-0.05, 0) is 37.1 Å². The van der Waals surface area contributed by atoms with Crippen molar-refractivity contribution in [2.45, 2.75) is 25.3 Å². The number of carbonyl (C=O) groups excluding carboxylic acids is 1. The van der Waals surface area contributed by atoms with E-state index in [1.54, 1.807) is 12.1 Å². The predicted molar refractivity (Wildman–Crippen MR) is 74.9 cm³/mol. The summed E-state index contributed by atoms with van der Waals surface area (Å²) in [6, 6.07) is 7.22. The van der Waals surface area contributed by atoms with E-state index in [9.17, 15) is 4.79 Å². The quantitative estimate of drug-likeness (QED) is 0.613. The molecule has 18 heavy (non-hydrogen) atoms. The highest BCUT2D eigenvalue weighted by molar-refractivity contribution is 5.89. The van der Waals surface area contributed by atoms with E-state index in [2.05, 4.69) is 4.74 Å². The van der Waals surface area contributed by atoms with E-state index in [0.717, 1.165) is 24.8 Å². The zero-order chi connectivity index (χ0) is 12.7. The third kappa shape index (κ3) is 5.04. The highest BCUT2D eigenvalue weighted by atomic mass is 35.5. The van der Waals surface area contributed by atoms with Crippen LogP contribution in [0.3, 0.4) is 0 Å². The molecule has 0 amide bonds. The fourth-order valence-electron chi connectivity index (χ4n) is 1.69. The third-order valence-electron chi connectivity index (χ3n) is 2.71. The predicted octanol–water partition coefficient (Wildman–Crippen LogP) is 2.02. The molecule has 1 rings (SSSR count). The van der Waals surface area contributed by atoms with Crippen LogP contribution in [0.25, 0.3) is 0 Å². The average Bonchev–Trinajstić information content (AvgIpc) is 2.38. The lowest BCUT2D eigenvalue weighted by atomic mass is 10.00. The van der Waals surface area contributed by atoms with E-state index in [0.29, 0.717) is 12.1 Å². The average molecular weight is 273 g/mol. The van der Waals surface area contributed by atoms with Gasteiger partial charge in [0.1, 0.15) is 0 Å². The summed E-state index contributed by atoms with van der Waals surface area (Å²) in [6.07, 6.45) is 2.85. The zero-order valence-corrected chi connectivity index (χ0v) is 11.4. The van der Waals surface area contributed by atoms with Crippen LogP contribution in [0.4, 0.5) is 0 Å². The number of hydrogen-bond donors (Lipinski definition) is 2. The Balaban J connectivity index is 0.00000289. The standard InChI is InChI=1S/C13H20N2O2.ClH/c1-17-13(16)11-6-4-5-10(9-11)12(15)7-2-3-8-14;/h4-6,9,12H,2-3,7-8,14-15H2,1H3;1H/t12-;/m1./s1. The molecular formula is C13H21ClN2O2. The molecule has 0 aliphatic heterocycles. The van der Waals surface area contributed by atoms with Gasteiger partial charge >= 0.3 is 5.97 Å². The summed E-state index contributed by atoms with van der Waals surface area (Å²) in [7, 11) is 1.37. The van der Waals surface area contributed by atoms with Crippen molar-refractivity contribution < 1.29 is 9.53 Å². The molecule has 0 saturated heterocycles. The van der Waals surface area contributed by atoms with Gasteiger partial charge in [-0.3, -0.25) is 0 Å². The van der Waals surface area contributed by atoms with Gasteiger partial charge in [-0.15, -0.1) is 12.4 Å². The van der Waals surface area contributed by atoms with Crippen LogP contribution in [0.5, 0.6) is 0 Å². The van der Waals surface area contributed by atoms with Gasteiger partial charge in [0.2, 0.25) is 0 Å². The maximum absolute atomic E-state index is 11.4. The number of carbonyl (C=O) groups is 1. The van der Waals surface area contributed by atoms with Crippen molar-refractivity contribution in [3.63, 3.8) is 0 Å². The van der Waals surface area contributed by atoms with Crippen LogP contribution in [0, 0.1) is 0 Å². The molecule has 0 unspecified atom stereocenters. The second-order valence-electron chi connectivity index (χ2n) is 4.01. The summed E-state index contributed by atoms with van der Waals surface area (Å²) in [4.78, 5) is 11.4. The summed E-state index contributed by atoms with van der Waals surface area (Å²) >= 11 is 0. The van der Waals surface area contributed by atoms with E-state index < -0.39 is 0 Å². The van der Waals surface area contributed by atoms with Gasteiger partial charge in [-0.25, -0.2) is 4.79 Å². The summed E-state index contributed by atoms with van der Waals surface area (Å²) < 4.78 is 4.67. The molecule has 4 nitrogen and oxygen atoms in total. The number of methoxy groups -OCH3 is 1. The number of ether oxygens (including phenoxy) is 1. The molecule has 102 valence electrons. The Morgan fingerprint density at radius 2 is 2.11 bits per heavy atom. The fraction of sp³-hybridized carbons (Fsp3) is 0.462. The molecule has 0 fully saturated rings. The summed E-state index contributed by atoms with van der Waals surface area (Å²) in [5.74, 6) is -0.332. The number of hydrogen-bond acceptors (Lipinski definition) is 4. The minimum Gasteiger partial charge on any atom is -0.465 e. The van der Waals surface area contributed by atoms with E-state index in [-0.39, 0.29) is 24.4 Å². The minimum absolute atomic E-state index is 0. The van der Waals surface area contributed by atoms with Crippen molar-refractivity contribution in [3.8, 4) is 0 Å². The van der Waals surface area contributed by atoms with Crippen LogP contribution in [0.1, 0.15) is 41.2 Å². The second-order valence-corrected chi connectivity index (χ2v) is 4.01. The van der Waals surface area contributed by atoms with Crippen molar-refractivity contribution in [2.24, 2.45) is 11.5 Å². The number of unbranched alkanes of at least 4 members (excludes halogenated alkanes) is 1. The lowest BCUT2D eigenvalue weighted by molar-refractivity contribution is 0.0600. The first-order valence-corrected chi connectivity index (χ1v) is 5.83. The van der Waals surface area contributed by atoms with Crippen molar-refractivity contribution in [1.82, 2.24) is 0 Å². The molecule has 1 aromatic carbocycles. The highest BCUT2D eigenvalue weighted by Crippen LogP contribution is 2.18. The normalized spacial score (nSPS) is 11.5. The van der Waals surface area contributed by atoms with Gasteiger partial charge in [0.15, 0.2) is 0 Å². The van der Waals surface area contributed by atoms with Crippen molar-refractivity contribution in [3.05, 3.63) is 35.4 Å². The molecule has 0 heterocycles. The monoisotopic (exact) mass is 272 g/mol. The van der Waals surface area contributed by atoms with Gasteiger partial charge in [0.05, 0.1) is 12.7 Å². The number of rotatable bonds is 6. The Labute approximate surface area is 114 Å². The smallest absolute Gasteiger partial charge is 0.337 e. The summed E-state index contributed by atoms with van der Waals surface area (Å²) in [5, 5.41) is 0. The number of esters is 1. The molecule has 0 aliphatic rings. The Kier molecular flexibility index (Phi) is 8.37. The van der Waals surface area contributed by atoms with E-state index in [4.69, 9.17) is 11.5 Å². The Hall–Kier alpha value is -1.10. The minimum atomic E-state index is -0.332. The van der Waals surface area contributed by atoms with Gasteiger partial charge in [-0.1, -0.05) is 18.6 Å². The van der Waals surface area contributed by atoms with Crippen molar-refractivity contribution >= 4 is 18.4 Å². The lowest BCUT2D eigenvalue weighted by Crippen LogP contribution is -2.12. The van der Waals surface area contributed by atoms with Crippen LogP contribution >= 0.6 is 12.4 Å². The summed E-state index contributed by atoms with van der Waals surface area (Å²) in [5.41, 5.74) is 13.0. The number of benzene rings is 1. The molecule has 0 saturated carbocycles. The van der Waals surface area contributed by atoms with E-state index >= 15 is 0 Å². The first-order chi connectivity index (χ1) is 8.19.